The van der Waals surface area contributed by atoms with Crippen LogP contribution in [0.3, 0.4) is 0 Å². The fourth-order valence-electron chi connectivity index (χ4n) is 3.83. The Morgan fingerprint density at radius 3 is 2.58 bits per heavy atom. The summed E-state index contributed by atoms with van der Waals surface area (Å²) < 4.78 is 42.0. The van der Waals surface area contributed by atoms with Crippen molar-refractivity contribution < 1.29 is 22.4 Å². The van der Waals surface area contributed by atoms with E-state index in [1.54, 1.807) is 0 Å². The van der Waals surface area contributed by atoms with Gasteiger partial charge in [-0.3, -0.25) is 9.59 Å². The van der Waals surface area contributed by atoms with Crippen LogP contribution in [0.1, 0.15) is 29.3 Å². The summed E-state index contributed by atoms with van der Waals surface area (Å²) in [6, 6.07) is 12.7. The number of amides is 2. The lowest BCUT2D eigenvalue weighted by Crippen LogP contribution is -2.51. The number of nitrogens with one attached hydrogen (secondary N) is 2. The highest BCUT2D eigenvalue weighted by Crippen LogP contribution is 2.25. The zero-order valence-electron chi connectivity index (χ0n) is 18.5. The quantitative estimate of drug-likeness (QED) is 0.576. The van der Waals surface area contributed by atoms with Crippen molar-refractivity contribution in [2.45, 2.75) is 30.7 Å². The molecule has 2 unspecified atom stereocenters. The Labute approximate surface area is 193 Å². The molecule has 0 spiro atoms. The van der Waals surface area contributed by atoms with Crippen LogP contribution in [0, 0.1) is 11.7 Å². The summed E-state index contributed by atoms with van der Waals surface area (Å²) >= 11 is 0. The van der Waals surface area contributed by atoms with Crippen LogP contribution < -0.4 is 10.6 Å². The Kier molecular flexibility index (Phi) is 7.99. The first-order valence-electron chi connectivity index (χ1n) is 10.8. The van der Waals surface area contributed by atoms with Gasteiger partial charge in [0.05, 0.1) is 10.5 Å². The Bertz CT molecular complexity index is 1120. The molecule has 9 heteroatoms. The summed E-state index contributed by atoms with van der Waals surface area (Å²) in [4.78, 5) is 23.7. The second kappa shape index (κ2) is 10.7. The SMILES string of the molecule is C=CC(=O)NC1CCN(S(=O)(=O)c2ccc(C(=O)NCCc3ccccc3)c(F)c2)CC1C. The predicted molar refractivity (Wildman–Crippen MR) is 124 cm³/mol. The molecule has 0 bridgehead atoms. The van der Waals surface area contributed by atoms with E-state index in [0.29, 0.717) is 19.4 Å². The Morgan fingerprint density at radius 1 is 1.21 bits per heavy atom. The van der Waals surface area contributed by atoms with E-state index >= 15 is 0 Å². The Hall–Kier alpha value is -3.04. The number of sulfonamides is 1. The average molecular weight is 474 g/mol. The van der Waals surface area contributed by atoms with Crippen molar-refractivity contribution in [1.29, 1.82) is 0 Å². The molecule has 2 aromatic rings. The van der Waals surface area contributed by atoms with E-state index in [1.807, 2.05) is 37.3 Å². The summed E-state index contributed by atoms with van der Waals surface area (Å²) in [6.07, 6.45) is 2.21. The number of hydrogen-bond donors (Lipinski definition) is 2. The first-order chi connectivity index (χ1) is 15.7. The zero-order chi connectivity index (χ0) is 24.0. The highest BCUT2D eigenvalue weighted by Gasteiger charge is 2.34. The van der Waals surface area contributed by atoms with Gasteiger partial charge in [0.25, 0.3) is 5.91 Å². The molecular weight excluding hydrogens is 445 g/mol. The van der Waals surface area contributed by atoms with Crippen LogP contribution in [0.4, 0.5) is 4.39 Å². The number of rotatable bonds is 8. The van der Waals surface area contributed by atoms with E-state index in [0.717, 1.165) is 11.6 Å². The number of carbonyl (C=O) groups is 2. The number of nitrogens with zero attached hydrogens (tertiary/aromatic N) is 1. The lowest BCUT2D eigenvalue weighted by molar-refractivity contribution is -0.117. The van der Waals surface area contributed by atoms with E-state index in [9.17, 15) is 22.4 Å². The van der Waals surface area contributed by atoms with Crippen LogP contribution in [0.2, 0.25) is 0 Å². The Balaban J connectivity index is 1.64. The van der Waals surface area contributed by atoms with Gasteiger partial charge in [-0.1, -0.05) is 43.8 Å². The Morgan fingerprint density at radius 2 is 1.94 bits per heavy atom. The number of carbonyl (C=O) groups excluding carboxylic acids is 2. The van der Waals surface area contributed by atoms with E-state index in [1.165, 1.54) is 22.5 Å². The van der Waals surface area contributed by atoms with Crippen molar-refractivity contribution in [2.75, 3.05) is 19.6 Å². The maximum absolute atomic E-state index is 14.7. The second-order valence-electron chi connectivity index (χ2n) is 8.08. The van der Waals surface area contributed by atoms with Gasteiger partial charge >= 0.3 is 0 Å². The minimum atomic E-state index is -3.94. The molecule has 2 amide bonds. The molecule has 1 saturated heterocycles. The van der Waals surface area contributed by atoms with Crippen LogP contribution in [0.25, 0.3) is 0 Å². The molecule has 0 aromatic heterocycles. The smallest absolute Gasteiger partial charge is 0.254 e. The van der Waals surface area contributed by atoms with Crippen LogP contribution in [0.5, 0.6) is 0 Å². The topological polar surface area (TPSA) is 95.6 Å². The number of piperidine rings is 1. The standard InChI is InChI=1S/C24H28FN3O4S/c1-3-23(29)27-22-12-14-28(16-17(22)2)33(31,32)19-9-10-20(21(25)15-19)24(30)26-13-11-18-7-5-4-6-8-18/h3-10,15,17,22H,1,11-14,16H2,2H3,(H,26,30)(H,27,29). The van der Waals surface area contributed by atoms with E-state index in [2.05, 4.69) is 17.2 Å². The maximum atomic E-state index is 14.7. The summed E-state index contributed by atoms with van der Waals surface area (Å²) in [5.41, 5.74) is 0.836. The zero-order valence-corrected chi connectivity index (χ0v) is 19.3. The third-order valence-electron chi connectivity index (χ3n) is 5.75. The molecule has 2 atom stereocenters. The molecule has 1 aliphatic heterocycles. The number of halogens is 1. The third-order valence-corrected chi connectivity index (χ3v) is 7.61. The number of hydrogen-bond acceptors (Lipinski definition) is 4. The van der Waals surface area contributed by atoms with Crippen LogP contribution in [-0.2, 0) is 21.2 Å². The van der Waals surface area contributed by atoms with Crippen molar-refractivity contribution in [1.82, 2.24) is 14.9 Å². The van der Waals surface area contributed by atoms with E-state index in [4.69, 9.17) is 0 Å². The molecule has 176 valence electrons. The van der Waals surface area contributed by atoms with Gasteiger partial charge in [-0.25, -0.2) is 12.8 Å². The van der Waals surface area contributed by atoms with Crippen molar-refractivity contribution >= 4 is 21.8 Å². The first kappa shape index (κ1) is 24.6. The van der Waals surface area contributed by atoms with Crippen LogP contribution >= 0.6 is 0 Å². The molecule has 0 saturated carbocycles. The predicted octanol–water partition coefficient (Wildman–Crippen LogP) is 2.50. The summed E-state index contributed by atoms with van der Waals surface area (Å²) in [6.45, 7) is 5.98. The monoisotopic (exact) mass is 473 g/mol. The molecule has 1 fully saturated rings. The van der Waals surface area contributed by atoms with Crippen LogP contribution in [-0.4, -0.2) is 50.2 Å². The van der Waals surface area contributed by atoms with Gasteiger partial charge in [0.15, 0.2) is 0 Å². The molecule has 33 heavy (non-hydrogen) atoms. The molecule has 2 aromatic carbocycles. The fourth-order valence-corrected chi connectivity index (χ4v) is 5.40. The van der Waals surface area contributed by atoms with Gasteiger partial charge in [0.1, 0.15) is 5.82 Å². The van der Waals surface area contributed by atoms with E-state index in [-0.39, 0.29) is 41.4 Å². The maximum Gasteiger partial charge on any atom is 0.254 e. The summed E-state index contributed by atoms with van der Waals surface area (Å²) in [7, 11) is -3.94. The van der Waals surface area contributed by atoms with Gasteiger partial charge in [0, 0.05) is 25.7 Å². The van der Waals surface area contributed by atoms with Crippen molar-refractivity contribution in [3.63, 3.8) is 0 Å². The van der Waals surface area contributed by atoms with E-state index < -0.39 is 21.7 Å². The molecule has 1 aliphatic rings. The number of benzene rings is 2. The molecule has 1 heterocycles. The lowest BCUT2D eigenvalue weighted by Gasteiger charge is -2.36. The first-order valence-corrected chi connectivity index (χ1v) is 12.2. The van der Waals surface area contributed by atoms with Crippen molar-refractivity contribution in [3.05, 3.63) is 78.1 Å². The van der Waals surface area contributed by atoms with Gasteiger partial charge < -0.3 is 10.6 Å². The lowest BCUT2D eigenvalue weighted by atomic mass is 9.95. The van der Waals surface area contributed by atoms with Crippen molar-refractivity contribution in [3.8, 4) is 0 Å². The molecular formula is C24H28FN3O4S. The van der Waals surface area contributed by atoms with Crippen LogP contribution in [0.15, 0.2) is 66.1 Å². The molecule has 0 radical (unpaired) electrons. The third kappa shape index (κ3) is 6.06. The largest absolute Gasteiger partial charge is 0.352 e. The summed E-state index contributed by atoms with van der Waals surface area (Å²) in [5.74, 6) is -1.92. The highest BCUT2D eigenvalue weighted by atomic mass is 32.2. The molecule has 3 rings (SSSR count). The normalized spacial score (nSPS) is 19.0. The molecule has 7 nitrogen and oxygen atoms in total. The molecule has 0 aliphatic carbocycles. The minimum absolute atomic E-state index is 0.128. The van der Waals surface area contributed by atoms with Gasteiger partial charge in [-0.2, -0.15) is 4.31 Å². The fraction of sp³-hybridized carbons (Fsp3) is 0.333. The summed E-state index contributed by atoms with van der Waals surface area (Å²) in [5, 5.41) is 5.46. The molecule has 2 N–H and O–H groups in total. The van der Waals surface area contributed by atoms with Gasteiger partial charge in [-0.15, -0.1) is 0 Å². The second-order valence-corrected chi connectivity index (χ2v) is 10.0. The minimum Gasteiger partial charge on any atom is -0.352 e. The van der Waals surface area contributed by atoms with Gasteiger partial charge in [0.2, 0.25) is 15.9 Å². The van der Waals surface area contributed by atoms with Gasteiger partial charge in [-0.05, 0) is 48.6 Å². The van der Waals surface area contributed by atoms with Crippen molar-refractivity contribution in [2.24, 2.45) is 5.92 Å². The highest BCUT2D eigenvalue weighted by molar-refractivity contribution is 7.89. The average Bonchev–Trinajstić information content (AvgIpc) is 2.80.